The summed E-state index contributed by atoms with van der Waals surface area (Å²) in [6, 6.07) is -0.316. The lowest BCUT2D eigenvalue weighted by molar-refractivity contribution is -0.127. The molecule has 0 aromatic rings. The zero-order valence-corrected chi connectivity index (χ0v) is 23.0. The van der Waals surface area contributed by atoms with E-state index in [2.05, 4.69) is 27.8 Å². The van der Waals surface area contributed by atoms with E-state index in [1.807, 2.05) is 6.92 Å². The van der Waals surface area contributed by atoms with Gasteiger partial charge in [-0.1, -0.05) is 103 Å². The third-order valence-corrected chi connectivity index (χ3v) is 7.00. The summed E-state index contributed by atoms with van der Waals surface area (Å²) >= 11 is 0. The van der Waals surface area contributed by atoms with Crippen molar-refractivity contribution in [2.75, 3.05) is 45.9 Å². The largest absolute Gasteiger partial charge is 0.379 e. The number of nitrogens with one attached hydrogen (secondary N) is 3. The molecule has 0 spiro atoms. The number of urea groups is 1. The predicted molar refractivity (Wildman–Crippen MR) is 146 cm³/mol. The first kappa shape index (κ1) is 31.7. The van der Waals surface area contributed by atoms with Gasteiger partial charge in [0.05, 0.1) is 19.3 Å². The topological polar surface area (TPSA) is 82.7 Å². The predicted octanol–water partition coefficient (Wildman–Crippen LogP) is 5.38. The molecule has 1 rings (SSSR count). The second-order valence-electron chi connectivity index (χ2n) is 10.1. The smallest absolute Gasteiger partial charge is 0.314 e. The van der Waals surface area contributed by atoms with E-state index in [-0.39, 0.29) is 18.0 Å². The molecule has 7 heteroatoms. The number of ether oxygens (including phenoxy) is 1. The molecule has 0 aromatic heterocycles. The van der Waals surface area contributed by atoms with E-state index in [4.69, 9.17) is 4.74 Å². The molecular weight excluding hydrogens is 440 g/mol. The number of carbonyl (C=O) groups excluding carboxylic acids is 2. The van der Waals surface area contributed by atoms with Gasteiger partial charge in [-0.15, -0.1) is 0 Å². The average Bonchev–Trinajstić information content (AvgIpc) is 2.88. The van der Waals surface area contributed by atoms with Crippen molar-refractivity contribution < 1.29 is 14.3 Å². The molecule has 1 unspecified atom stereocenters. The van der Waals surface area contributed by atoms with Gasteiger partial charge in [0.1, 0.15) is 0 Å². The Balaban J connectivity index is 1.79. The maximum atomic E-state index is 12.2. The molecule has 206 valence electrons. The SMILES string of the molecule is CCCCCCCCCCCCCCCCCCNC(=O)NCCNC(=O)C(C)N1CCOCC1. The fraction of sp³-hybridized carbons (Fsp3) is 0.929. The molecule has 3 amide bonds. The van der Waals surface area contributed by atoms with Gasteiger partial charge in [0.2, 0.25) is 5.91 Å². The van der Waals surface area contributed by atoms with Gasteiger partial charge in [-0.25, -0.2) is 4.79 Å². The molecule has 0 bridgehead atoms. The van der Waals surface area contributed by atoms with Crippen LogP contribution < -0.4 is 16.0 Å². The first-order valence-corrected chi connectivity index (χ1v) is 14.8. The number of morpholine rings is 1. The van der Waals surface area contributed by atoms with Gasteiger partial charge < -0.3 is 20.7 Å². The van der Waals surface area contributed by atoms with Crippen LogP contribution in [0.2, 0.25) is 0 Å². The Morgan fingerprint density at radius 3 is 1.60 bits per heavy atom. The third-order valence-electron chi connectivity index (χ3n) is 7.00. The summed E-state index contributed by atoms with van der Waals surface area (Å²) in [5.74, 6) is 0.00211. The standard InChI is InChI=1S/C28H56N4O3/c1-3-4-5-6-7-8-9-10-11-12-13-14-15-16-17-18-19-30-28(34)31-21-20-29-27(33)26(2)32-22-24-35-25-23-32/h26H,3-25H2,1-2H3,(H,29,33)(H2,30,31,34). The number of nitrogens with zero attached hydrogens (tertiary/aromatic N) is 1. The van der Waals surface area contributed by atoms with E-state index >= 15 is 0 Å². The Labute approximate surface area is 215 Å². The molecular formula is C28H56N4O3. The number of unbranched alkanes of at least 4 members (excludes halogenated alkanes) is 15. The Bertz CT molecular complexity index is 512. The molecule has 0 saturated carbocycles. The number of amides is 3. The number of hydrogen-bond acceptors (Lipinski definition) is 4. The zero-order chi connectivity index (χ0) is 25.4. The van der Waals surface area contributed by atoms with Crippen molar-refractivity contribution >= 4 is 11.9 Å². The summed E-state index contributed by atoms with van der Waals surface area (Å²) in [6.45, 7) is 8.72. The first-order valence-electron chi connectivity index (χ1n) is 14.8. The quantitative estimate of drug-likeness (QED) is 0.176. The fourth-order valence-electron chi connectivity index (χ4n) is 4.58. The van der Waals surface area contributed by atoms with E-state index in [0.29, 0.717) is 32.8 Å². The molecule has 1 fully saturated rings. The van der Waals surface area contributed by atoms with Crippen LogP contribution in [0, 0.1) is 0 Å². The van der Waals surface area contributed by atoms with Crippen molar-refractivity contribution in [2.24, 2.45) is 0 Å². The van der Waals surface area contributed by atoms with Crippen molar-refractivity contribution in [3.8, 4) is 0 Å². The lowest BCUT2D eigenvalue weighted by atomic mass is 10.0. The van der Waals surface area contributed by atoms with Crippen molar-refractivity contribution in [2.45, 2.75) is 123 Å². The molecule has 0 aromatic carbocycles. The second kappa shape index (κ2) is 23.1. The number of rotatable bonds is 22. The summed E-state index contributed by atoms with van der Waals surface area (Å²) in [5, 5.41) is 8.62. The van der Waals surface area contributed by atoms with Crippen molar-refractivity contribution in [3.05, 3.63) is 0 Å². The maximum absolute atomic E-state index is 12.2. The zero-order valence-electron chi connectivity index (χ0n) is 23.0. The van der Waals surface area contributed by atoms with Gasteiger partial charge >= 0.3 is 6.03 Å². The van der Waals surface area contributed by atoms with Gasteiger partial charge in [0, 0.05) is 32.7 Å². The number of carbonyl (C=O) groups is 2. The highest BCUT2D eigenvalue weighted by Crippen LogP contribution is 2.13. The third kappa shape index (κ3) is 18.6. The molecule has 35 heavy (non-hydrogen) atoms. The molecule has 1 atom stereocenters. The van der Waals surface area contributed by atoms with Crippen LogP contribution in [0.5, 0.6) is 0 Å². The van der Waals surface area contributed by atoms with Crippen LogP contribution in [0.3, 0.4) is 0 Å². The molecule has 0 aliphatic carbocycles. The van der Waals surface area contributed by atoms with E-state index < -0.39 is 0 Å². The first-order chi connectivity index (χ1) is 17.1. The Kier molecular flexibility index (Phi) is 20.9. The molecule has 1 heterocycles. The van der Waals surface area contributed by atoms with Crippen molar-refractivity contribution in [3.63, 3.8) is 0 Å². The minimum atomic E-state index is -0.164. The molecule has 3 N–H and O–H groups in total. The normalized spacial score (nSPS) is 15.0. The monoisotopic (exact) mass is 496 g/mol. The Morgan fingerprint density at radius 1 is 0.657 bits per heavy atom. The summed E-state index contributed by atoms with van der Waals surface area (Å²) in [7, 11) is 0. The van der Waals surface area contributed by atoms with E-state index in [9.17, 15) is 9.59 Å². The van der Waals surface area contributed by atoms with Crippen molar-refractivity contribution in [1.82, 2.24) is 20.9 Å². The van der Waals surface area contributed by atoms with Gasteiger partial charge in [-0.3, -0.25) is 9.69 Å². The molecule has 0 radical (unpaired) electrons. The minimum Gasteiger partial charge on any atom is -0.379 e. The molecule has 1 aliphatic rings. The van der Waals surface area contributed by atoms with Crippen LogP contribution in [-0.4, -0.2) is 68.8 Å². The number of hydrogen-bond donors (Lipinski definition) is 3. The van der Waals surface area contributed by atoms with Crippen LogP contribution >= 0.6 is 0 Å². The highest BCUT2D eigenvalue weighted by Gasteiger charge is 2.22. The van der Waals surface area contributed by atoms with Gasteiger partial charge in [0.25, 0.3) is 0 Å². The Hall–Kier alpha value is -1.34. The van der Waals surface area contributed by atoms with Crippen LogP contribution in [0.4, 0.5) is 4.79 Å². The highest BCUT2D eigenvalue weighted by atomic mass is 16.5. The van der Waals surface area contributed by atoms with Crippen molar-refractivity contribution in [1.29, 1.82) is 0 Å². The highest BCUT2D eigenvalue weighted by molar-refractivity contribution is 5.81. The molecule has 1 saturated heterocycles. The van der Waals surface area contributed by atoms with E-state index in [1.165, 1.54) is 96.3 Å². The summed E-state index contributed by atoms with van der Waals surface area (Å²) in [6.07, 6.45) is 21.6. The van der Waals surface area contributed by atoms with Gasteiger partial charge in [0.15, 0.2) is 0 Å². The van der Waals surface area contributed by atoms with Crippen LogP contribution in [0.25, 0.3) is 0 Å². The summed E-state index contributed by atoms with van der Waals surface area (Å²) in [5.41, 5.74) is 0. The lowest BCUT2D eigenvalue weighted by Gasteiger charge is -2.31. The molecule has 7 nitrogen and oxygen atoms in total. The second-order valence-corrected chi connectivity index (χ2v) is 10.1. The molecule has 1 aliphatic heterocycles. The van der Waals surface area contributed by atoms with Crippen LogP contribution in [0.15, 0.2) is 0 Å². The Morgan fingerprint density at radius 2 is 1.09 bits per heavy atom. The average molecular weight is 497 g/mol. The van der Waals surface area contributed by atoms with Crippen LogP contribution in [0.1, 0.15) is 117 Å². The summed E-state index contributed by atoms with van der Waals surface area (Å²) in [4.78, 5) is 26.2. The van der Waals surface area contributed by atoms with Gasteiger partial charge in [-0.05, 0) is 13.3 Å². The lowest BCUT2D eigenvalue weighted by Crippen LogP contribution is -2.50. The van der Waals surface area contributed by atoms with E-state index in [0.717, 1.165) is 19.5 Å². The minimum absolute atomic E-state index is 0.00211. The maximum Gasteiger partial charge on any atom is 0.314 e. The van der Waals surface area contributed by atoms with E-state index in [1.54, 1.807) is 0 Å². The van der Waals surface area contributed by atoms with Gasteiger partial charge in [-0.2, -0.15) is 0 Å². The summed E-state index contributed by atoms with van der Waals surface area (Å²) < 4.78 is 5.32. The van der Waals surface area contributed by atoms with Crippen LogP contribution in [-0.2, 0) is 9.53 Å². The fourth-order valence-corrected chi connectivity index (χ4v) is 4.58.